The lowest BCUT2D eigenvalue weighted by atomic mass is 10.1. The van der Waals surface area contributed by atoms with E-state index in [9.17, 15) is 18.0 Å². The first-order valence-electron chi connectivity index (χ1n) is 11.3. The van der Waals surface area contributed by atoms with Crippen LogP contribution in [0.1, 0.15) is 31.9 Å². The number of carbonyl (C=O) groups excluding carboxylic acids is 2. The second-order valence-corrected chi connectivity index (χ2v) is 11.3. The molecule has 0 aliphatic rings. The van der Waals surface area contributed by atoms with Gasteiger partial charge in [-0.25, -0.2) is 8.42 Å². The molecule has 1 atom stereocenters. The predicted molar refractivity (Wildman–Crippen MR) is 139 cm³/mol. The number of aryl methyl sites for hydroxylation is 1. The summed E-state index contributed by atoms with van der Waals surface area (Å²) < 4.78 is 31.9. The second-order valence-electron chi connectivity index (χ2n) is 8.91. The van der Waals surface area contributed by atoms with E-state index >= 15 is 0 Å². The minimum absolute atomic E-state index is 0.0816. The number of hydrogen-bond donors (Lipinski definition) is 1. The van der Waals surface area contributed by atoms with Gasteiger partial charge in [-0.3, -0.25) is 13.9 Å². The third-order valence-corrected chi connectivity index (χ3v) is 6.74. The summed E-state index contributed by atoms with van der Waals surface area (Å²) in [6, 6.07) is 11.2. The molecule has 1 unspecified atom stereocenters. The molecule has 0 heterocycles. The standard InChI is InChI=1S/C25H34ClN3O5S/c1-17(2)14-27-25(31)19(4)28(15-20-8-7-9-21(26)13-20)24(30)16-29(35(6,32)33)22-12-18(3)10-11-23(22)34-5/h7-13,17,19H,14-16H2,1-6H3,(H,27,31). The van der Waals surface area contributed by atoms with Gasteiger partial charge in [-0.05, 0) is 55.2 Å². The summed E-state index contributed by atoms with van der Waals surface area (Å²) >= 11 is 6.12. The number of halogens is 1. The fourth-order valence-electron chi connectivity index (χ4n) is 3.46. The summed E-state index contributed by atoms with van der Waals surface area (Å²) in [6.07, 6.45) is 1.03. The molecule has 2 amide bonds. The van der Waals surface area contributed by atoms with Crippen LogP contribution in [0.2, 0.25) is 5.02 Å². The van der Waals surface area contributed by atoms with Gasteiger partial charge < -0.3 is 15.0 Å². The maximum atomic E-state index is 13.6. The highest BCUT2D eigenvalue weighted by Crippen LogP contribution is 2.31. The van der Waals surface area contributed by atoms with Crippen molar-refractivity contribution in [2.45, 2.75) is 40.3 Å². The van der Waals surface area contributed by atoms with Gasteiger partial charge in [-0.15, -0.1) is 0 Å². The molecule has 35 heavy (non-hydrogen) atoms. The third kappa shape index (κ3) is 8.14. The molecule has 2 aromatic carbocycles. The lowest BCUT2D eigenvalue weighted by Gasteiger charge is -2.32. The molecule has 0 aliphatic heterocycles. The van der Waals surface area contributed by atoms with Crippen LogP contribution in [-0.2, 0) is 26.2 Å². The smallest absolute Gasteiger partial charge is 0.244 e. The third-order valence-electron chi connectivity index (χ3n) is 5.38. The monoisotopic (exact) mass is 523 g/mol. The fraction of sp³-hybridized carbons (Fsp3) is 0.440. The zero-order chi connectivity index (χ0) is 26.3. The van der Waals surface area contributed by atoms with E-state index in [0.717, 1.165) is 16.1 Å². The van der Waals surface area contributed by atoms with Gasteiger partial charge in [0.15, 0.2) is 0 Å². The van der Waals surface area contributed by atoms with Crippen molar-refractivity contribution in [1.29, 1.82) is 0 Å². The minimum Gasteiger partial charge on any atom is -0.495 e. The first kappa shape index (κ1) is 28.5. The first-order chi connectivity index (χ1) is 16.3. The summed E-state index contributed by atoms with van der Waals surface area (Å²) in [5.74, 6) is -0.310. The number of sulfonamides is 1. The summed E-state index contributed by atoms with van der Waals surface area (Å²) in [6.45, 7) is 7.42. The number of anilines is 1. The van der Waals surface area contributed by atoms with Crippen LogP contribution < -0.4 is 14.4 Å². The normalized spacial score (nSPS) is 12.2. The molecule has 2 rings (SSSR count). The Morgan fingerprint density at radius 1 is 1.11 bits per heavy atom. The van der Waals surface area contributed by atoms with Crippen LogP contribution in [0.25, 0.3) is 0 Å². The Hall–Kier alpha value is -2.78. The number of benzene rings is 2. The molecule has 2 aromatic rings. The van der Waals surface area contributed by atoms with Gasteiger partial charge in [0.2, 0.25) is 21.8 Å². The molecule has 0 aromatic heterocycles. The van der Waals surface area contributed by atoms with Gasteiger partial charge in [-0.1, -0.05) is 43.6 Å². The summed E-state index contributed by atoms with van der Waals surface area (Å²) in [4.78, 5) is 27.8. The van der Waals surface area contributed by atoms with E-state index in [2.05, 4.69) is 5.32 Å². The van der Waals surface area contributed by atoms with E-state index in [0.29, 0.717) is 22.9 Å². The largest absolute Gasteiger partial charge is 0.495 e. The summed E-state index contributed by atoms with van der Waals surface area (Å²) in [7, 11) is -2.43. The molecule has 1 N–H and O–H groups in total. The average Bonchev–Trinajstić information content (AvgIpc) is 2.78. The molecule has 0 saturated heterocycles. The number of ether oxygens (including phenoxy) is 1. The molecule has 10 heteroatoms. The highest BCUT2D eigenvalue weighted by Gasteiger charge is 2.31. The van der Waals surface area contributed by atoms with Gasteiger partial charge >= 0.3 is 0 Å². The number of hydrogen-bond acceptors (Lipinski definition) is 5. The number of nitrogens with one attached hydrogen (secondary N) is 1. The van der Waals surface area contributed by atoms with Crippen LogP contribution in [0.3, 0.4) is 0 Å². The van der Waals surface area contributed by atoms with Gasteiger partial charge in [0, 0.05) is 18.1 Å². The van der Waals surface area contributed by atoms with Crippen molar-refractivity contribution < 1.29 is 22.7 Å². The zero-order valence-electron chi connectivity index (χ0n) is 21.0. The molecule has 0 bridgehead atoms. The number of carbonyl (C=O) groups is 2. The van der Waals surface area contributed by atoms with E-state index in [1.54, 1.807) is 49.4 Å². The van der Waals surface area contributed by atoms with Crippen molar-refractivity contribution in [3.05, 3.63) is 58.6 Å². The Labute approximate surface area is 213 Å². The molecule has 192 valence electrons. The van der Waals surface area contributed by atoms with E-state index < -0.39 is 28.5 Å². The average molecular weight is 524 g/mol. The topological polar surface area (TPSA) is 96.0 Å². The SMILES string of the molecule is COc1ccc(C)cc1N(CC(=O)N(Cc1cccc(Cl)c1)C(C)C(=O)NCC(C)C)S(C)(=O)=O. The molecule has 0 saturated carbocycles. The maximum Gasteiger partial charge on any atom is 0.244 e. The fourth-order valence-corrected chi connectivity index (χ4v) is 4.51. The Bertz CT molecular complexity index is 1150. The van der Waals surface area contributed by atoms with Gasteiger partial charge in [0.1, 0.15) is 18.3 Å². The highest BCUT2D eigenvalue weighted by atomic mass is 35.5. The van der Waals surface area contributed by atoms with E-state index in [-0.39, 0.29) is 24.1 Å². The summed E-state index contributed by atoms with van der Waals surface area (Å²) in [5.41, 5.74) is 1.77. The predicted octanol–water partition coefficient (Wildman–Crippen LogP) is 3.61. The van der Waals surface area contributed by atoms with Crippen LogP contribution in [0, 0.1) is 12.8 Å². The van der Waals surface area contributed by atoms with Crippen molar-refractivity contribution in [2.24, 2.45) is 5.92 Å². The second kappa shape index (κ2) is 12.3. The van der Waals surface area contributed by atoms with Gasteiger partial charge in [-0.2, -0.15) is 0 Å². The number of methoxy groups -OCH3 is 1. The van der Waals surface area contributed by atoms with Crippen molar-refractivity contribution in [2.75, 3.05) is 30.8 Å². The zero-order valence-corrected chi connectivity index (χ0v) is 22.6. The lowest BCUT2D eigenvalue weighted by Crippen LogP contribution is -2.51. The lowest BCUT2D eigenvalue weighted by molar-refractivity contribution is -0.139. The minimum atomic E-state index is -3.86. The number of amides is 2. The molecule has 0 radical (unpaired) electrons. The Balaban J connectivity index is 2.44. The van der Waals surface area contributed by atoms with Crippen molar-refractivity contribution in [3.63, 3.8) is 0 Å². The Kier molecular flexibility index (Phi) is 9.97. The molecular weight excluding hydrogens is 490 g/mol. The van der Waals surface area contributed by atoms with Crippen LogP contribution >= 0.6 is 11.6 Å². The molecule has 0 fully saturated rings. The van der Waals surface area contributed by atoms with E-state index in [4.69, 9.17) is 16.3 Å². The van der Waals surface area contributed by atoms with Crippen LogP contribution in [0.15, 0.2) is 42.5 Å². The van der Waals surface area contributed by atoms with Gasteiger partial charge in [0.05, 0.1) is 19.1 Å². The van der Waals surface area contributed by atoms with E-state index in [1.807, 2.05) is 20.8 Å². The number of nitrogens with zero attached hydrogens (tertiary/aromatic N) is 2. The van der Waals surface area contributed by atoms with E-state index in [1.165, 1.54) is 12.0 Å². The first-order valence-corrected chi connectivity index (χ1v) is 13.5. The highest BCUT2D eigenvalue weighted by molar-refractivity contribution is 7.92. The van der Waals surface area contributed by atoms with Crippen molar-refractivity contribution in [1.82, 2.24) is 10.2 Å². The van der Waals surface area contributed by atoms with Gasteiger partial charge in [0.25, 0.3) is 0 Å². The Morgan fingerprint density at radius 3 is 2.37 bits per heavy atom. The quantitative estimate of drug-likeness (QED) is 0.485. The molecular formula is C25H34ClN3O5S. The molecule has 8 nitrogen and oxygen atoms in total. The van der Waals surface area contributed by atoms with Crippen LogP contribution in [0.5, 0.6) is 5.75 Å². The van der Waals surface area contributed by atoms with Crippen molar-refractivity contribution >= 4 is 39.1 Å². The van der Waals surface area contributed by atoms with Crippen LogP contribution in [0.4, 0.5) is 5.69 Å². The Morgan fingerprint density at radius 2 is 1.80 bits per heavy atom. The van der Waals surface area contributed by atoms with Crippen molar-refractivity contribution in [3.8, 4) is 5.75 Å². The van der Waals surface area contributed by atoms with Crippen LogP contribution in [-0.4, -0.2) is 57.6 Å². The number of rotatable bonds is 11. The molecule has 0 spiro atoms. The maximum absolute atomic E-state index is 13.6. The molecule has 0 aliphatic carbocycles. The summed E-state index contributed by atoms with van der Waals surface area (Å²) in [5, 5.41) is 3.34.